The van der Waals surface area contributed by atoms with Gasteiger partial charge in [-0.2, -0.15) is 0 Å². The van der Waals surface area contributed by atoms with Crippen molar-refractivity contribution in [1.29, 1.82) is 0 Å². The second-order valence-electron chi connectivity index (χ2n) is 19.7. The molecule has 3 aliphatic heterocycles. The molecule has 12 atom stereocenters. The zero-order chi connectivity index (χ0) is 51.2. The largest absolute Gasteiger partial charge is 0.480 e. The fraction of sp³-hybridized carbons (Fsp3) is 0.706. The Morgan fingerprint density at radius 3 is 2.21 bits per heavy atom. The number of likely N-dealkylation sites (tertiary alicyclic amines) is 2. The Morgan fingerprint density at radius 2 is 1.60 bits per heavy atom. The van der Waals surface area contributed by atoms with Crippen LogP contribution >= 0.6 is 0 Å². The van der Waals surface area contributed by atoms with E-state index in [0.717, 1.165) is 18.4 Å². The fourth-order valence-electron chi connectivity index (χ4n) is 10.8. The molecule has 2 bridgehead atoms. The summed E-state index contributed by atoms with van der Waals surface area (Å²) in [6.45, 7) is 10.8. The van der Waals surface area contributed by atoms with Crippen molar-refractivity contribution in [2.24, 2.45) is 23.7 Å². The lowest BCUT2D eigenvalue weighted by molar-refractivity contribution is -0.149. The van der Waals surface area contributed by atoms with Gasteiger partial charge in [-0.05, 0) is 61.5 Å². The molecule has 3 heterocycles. The van der Waals surface area contributed by atoms with Gasteiger partial charge in [-0.3, -0.25) is 28.8 Å². The average Bonchev–Trinajstić information content (AvgIpc) is 4.17. The summed E-state index contributed by atoms with van der Waals surface area (Å²) in [5, 5.41) is 25.5. The van der Waals surface area contributed by atoms with Crippen molar-refractivity contribution < 1.29 is 62.7 Å². The monoisotopic (exact) mass is 983 g/mol. The third-order valence-corrected chi connectivity index (χ3v) is 14.9. The summed E-state index contributed by atoms with van der Waals surface area (Å²) in [4.78, 5) is 101. The van der Waals surface area contributed by atoms with Crippen LogP contribution in [0.3, 0.4) is 0 Å². The van der Waals surface area contributed by atoms with Gasteiger partial charge in [0, 0.05) is 52.9 Å². The van der Waals surface area contributed by atoms with Crippen LogP contribution < -0.4 is 10.6 Å². The Balaban J connectivity index is 1.18. The van der Waals surface area contributed by atoms with Gasteiger partial charge in [0.05, 0.1) is 69.5 Å². The summed E-state index contributed by atoms with van der Waals surface area (Å²) in [7, 11) is 4.67. The van der Waals surface area contributed by atoms with Crippen molar-refractivity contribution in [2.75, 3.05) is 60.8 Å². The van der Waals surface area contributed by atoms with E-state index in [1.54, 1.807) is 52.9 Å². The molecule has 6 amide bonds. The second-order valence-corrected chi connectivity index (χ2v) is 19.7. The van der Waals surface area contributed by atoms with E-state index >= 15 is 0 Å². The molecule has 390 valence electrons. The van der Waals surface area contributed by atoms with E-state index in [-0.39, 0.29) is 106 Å². The average molecular weight is 983 g/mol. The van der Waals surface area contributed by atoms with Crippen LogP contribution in [0.1, 0.15) is 91.5 Å². The molecule has 1 unspecified atom stereocenters. The minimum atomic E-state index is -1.16. The topological polar surface area (TPSA) is 234 Å². The molecule has 0 radical (unpaired) electrons. The zero-order valence-corrected chi connectivity index (χ0v) is 42.3. The van der Waals surface area contributed by atoms with E-state index in [9.17, 15) is 43.8 Å². The van der Waals surface area contributed by atoms with Gasteiger partial charge in [0.2, 0.25) is 35.4 Å². The van der Waals surface area contributed by atoms with Crippen molar-refractivity contribution in [3.8, 4) is 0 Å². The minimum absolute atomic E-state index is 0.0392. The predicted octanol–water partition coefficient (Wildman–Crippen LogP) is 2.38. The molecular formula is C51H78N6O13. The number of benzene rings is 1. The molecule has 3 fully saturated rings. The lowest BCUT2D eigenvalue weighted by Gasteiger charge is -2.41. The van der Waals surface area contributed by atoms with Crippen LogP contribution in [-0.4, -0.2) is 187 Å². The first-order chi connectivity index (χ1) is 33.4. The first-order valence-electron chi connectivity index (χ1n) is 25.1. The van der Waals surface area contributed by atoms with Gasteiger partial charge in [-0.15, -0.1) is 0 Å². The highest BCUT2D eigenvalue weighted by atomic mass is 16.5. The number of nitrogens with zero attached hydrogens (tertiary/aromatic N) is 4. The van der Waals surface area contributed by atoms with Gasteiger partial charge in [-0.1, -0.05) is 71.4 Å². The number of hydrogen-bond acceptors (Lipinski definition) is 12. The zero-order valence-electron chi connectivity index (χ0n) is 42.3. The normalized spacial score (nSPS) is 23.8. The number of ether oxygens (including phenoxy) is 4. The number of carboxylic acids is 1. The number of carbonyl (C=O) groups is 7. The summed E-state index contributed by atoms with van der Waals surface area (Å²) in [6, 6.07) is 5.09. The number of nitrogens with one attached hydrogen (secondary N) is 2. The number of rotatable bonds is 28. The molecule has 0 spiro atoms. The van der Waals surface area contributed by atoms with E-state index in [2.05, 4.69) is 10.6 Å². The number of amides is 6. The summed E-state index contributed by atoms with van der Waals surface area (Å²) < 4.78 is 23.2. The van der Waals surface area contributed by atoms with Crippen LogP contribution in [0.5, 0.6) is 0 Å². The number of carboxylic acid groups (broad SMARTS) is 1. The number of fused-ring (bicyclic) bond motifs is 2. The first kappa shape index (κ1) is 56.0. The number of aliphatic carboxylic acids is 1. The molecule has 5 rings (SSSR count). The minimum Gasteiger partial charge on any atom is -0.480 e. The molecule has 70 heavy (non-hydrogen) atoms. The molecule has 1 aliphatic carbocycles. The summed E-state index contributed by atoms with van der Waals surface area (Å²) in [5.74, 6) is -4.37. The summed E-state index contributed by atoms with van der Waals surface area (Å²) in [6.07, 6.45) is 4.59. The SMILES string of the molecule is CC[C@H](C)[C@@H]([C@@H](CC(=O)N1CCC[C@H]1[C@H](OC)[C@@H](C)C(=O)N[C@@H](Cc1ccccc1)C(=O)O)OC)N(C)C(=O)[C@@H](NC(=O)[C@@H]1[C@H]2CC[C@H](C2)N1C(=O)CCOCCOCCN1C(=O)C=CC1O)C(C)C. The van der Waals surface area contributed by atoms with Gasteiger partial charge in [-0.25, -0.2) is 4.79 Å². The van der Waals surface area contributed by atoms with Gasteiger partial charge >= 0.3 is 5.97 Å². The summed E-state index contributed by atoms with van der Waals surface area (Å²) >= 11 is 0. The number of methoxy groups -OCH3 is 2. The number of aliphatic hydroxyl groups is 1. The lowest BCUT2D eigenvalue weighted by Crippen LogP contribution is -2.60. The second kappa shape index (κ2) is 26.5. The van der Waals surface area contributed by atoms with Crippen LogP contribution in [0, 0.1) is 23.7 Å². The maximum atomic E-state index is 14.7. The van der Waals surface area contributed by atoms with Crippen molar-refractivity contribution in [2.45, 2.75) is 147 Å². The van der Waals surface area contributed by atoms with E-state index < -0.39 is 66.4 Å². The third kappa shape index (κ3) is 13.9. The van der Waals surface area contributed by atoms with Gasteiger partial charge in [0.25, 0.3) is 0 Å². The Hall–Kier alpha value is -4.95. The van der Waals surface area contributed by atoms with E-state index in [1.165, 1.54) is 31.3 Å². The Bertz CT molecular complexity index is 1970. The highest BCUT2D eigenvalue weighted by molar-refractivity contribution is 5.93. The Kier molecular flexibility index (Phi) is 21.2. The smallest absolute Gasteiger partial charge is 0.326 e. The summed E-state index contributed by atoms with van der Waals surface area (Å²) in [5.41, 5.74) is 0.765. The molecule has 0 aromatic heterocycles. The molecular weight excluding hydrogens is 905 g/mol. The molecule has 4 aliphatic rings. The van der Waals surface area contributed by atoms with E-state index in [1.807, 2.05) is 33.8 Å². The first-order valence-corrected chi connectivity index (χ1v) is 25.1. The third-order valence-electron chi connectivity index (χ3n) is 14.9. The predicted molar refractivity (Wildman–Crippen MR) is 257 cm³/mol. The van der Waals surface area contributed by atoms with Crippen molar-refractivity contribution in [1.82, 2.24) is 30.2 Å². The molecule has 19 nitrogen and oxygen atoms in total. The van der Waals surface area contributed by atoms with Crippen molar-refractivity contribution in [3.05, 3.63) is 48.0 Å². The number of aliphatic hydroxyl groups excluding tert-OH is 1. The van der Waals surface area contributed by atoms with Gasteiger partial charge in [0.15, 0.2) is 0 Å². The van der Waals surface area contributed by atoms with Crippen molar-refractivity contribution in [3.63, 3.8) is 0 Å². The van der Waals surface area contributed by atoms with Crippen LogP contribution in [0.4, 0.5) is 0 Å². The quantitative estimate of drug-likeness (QED) is 0.0885. The number of piperidine rings is 1. The van der Waals surface area contributed by atoms with Gasteiger partial charge < -0.3 is 59.4 Å². The van der Waals surface area contributed by atoms with E-state index in [4.69, 9.17) is 18.9 Å². The number of likely N-dealkylation sites (N-methyl/N-ethyl adjacent to an activating group) is 1. The number of hydrogen-bond donors (Lipinski definition) is 4. The Morgan fingerprint density at radius 1 is 0.900 bits per heavy atom. The molecule has 19 heteroatoms. The maximum absolute atomic E-state index is 14.7. The fourth-order valence-corrected chi connectivity index (χ4v) is 10.8. The molecule has 4 N–H and O–H groups in total. The van der Waals surface area contributed by atoms with Crippen molar-refractivity contribution >= 4 is 41.4 Å². The van der Waals surface area contributed by atoms with Gasteiger partial charge in [0.1, 0.15) is 24.4 Å². The lowest BCUT2D eigenvalue weighted by atomic mass is 9.89. The van der Waals surface area contributed by atoms with E-state index in [0.29, 0.717) is 32.2 Å². The number of carbonyl (C=O) groups excluding carboxylic acids is 6. The maximum Gasteiger partial charge on any atom is 0.326 e. The standard InChI is InChI=1S/C51H78N6O13/c1-9-32(4)45(39(67-7)30-43(61)55-22-13-16-38(55)47(68-8)33(5)48(62)52-37(51(65)66)28-34-14-11-10-12-15-34)54(6)50(64)44(31(2)3)53-49(63)46-35-17-18-36(29-35)57(46)42(60)21-24-69-26-27-70-25-23-56-40(58)19-20-41(56)59/h10-12,14-15,19-20,31-33,35-40,44-47,58H,9,13,16-18,21-30H2,1-8H3,(H,52,62)(H,53,63)(H,65,66)/t32-,33+,35-,36+,37-,38-,39+,40?,44-,45-,46-,47+/m0/s1. The Labute approximate surface area is 412 Å². The molecule has 1 aromatic rings. The molecule has 1 aromatic carbocycles. The molecule has 2 saturated heterocycles. The van der Waals surface area contributed by atoms with Crippen LogP contribution in [0.25, 0.3) is 0 Å². The van der Waals surface area contributed by atoms with Crippen LogP contribution in [0.2, 0.25) is 0 Å². The van der Waals surface area contributed by atoms with Crippen LogP contribution in [0.15, 0.2) is 42.5 Å². The molecule has 1 saturated carbocycles. The highest BCUT2D eigenvalue weighted by Crippen LogP contribution is 2.43. The van der Waals surface area contributed by atoms with Crippen LogP contribution in [-0.2, 0) is 58.9 Å². The highest BCUT2D eigenvalue weighted by Gasteiger charge is 2.52.